The van der Waals surface area contributed by atoms with E-state index in [2.05, 4.69) is 5.32 Å². The minimum Gasteiger partial charge on any atom is -0.496 e. The van der Waals surface area contributed by atoms with E-state index in [-0.39, 0.29) is 16.3 Å². The molecular formula is C14H12ClFN2O2. The van der Waals surface area contributed by atoms with Crippen molar-refractivity contribution in [2.45, 2.75) is 0 Å². The van der Waals surface area contributed by atoms with Crippen molar-refractivity contribution in [2.24, 2.45) is 0 Å². The number of amides is 1. The summed E-state index contributed by atoms with van der Waals surface area (Å²) in [4.78, 5) is 12.1. The largest absolute Gasteiger partial charge is 0.496 e. The Morgan fingerprint density at radius 3 is 2.80 bits per heavy atom. The fourth-order valence-corrected chi connectivity index (χ4v) is 1.86. The summed E-state index contributed by atoms with van der Waals surface area (Å²) in [6.45, 7) is 0. The maximum Gasteiger partial charge on any atom is 0.259 e. The highest BCUT2D eigenvalue weighted by molar-refractivity contribution is 6.31. The normalized spacial score (nSPS) is 10.2. The molecule has 4 nitrogen and oxygen atoms in total. The number of hydrogen-bond donors (Lipinski definition) is 2. The third kappa shape index (κ3) is 2.83. The predicted molar refractivity (Wildman–Crippen MR) is 76.8 cm³/mol. The summed E-state index contributed by atoms with van der Waals surface area (Å²) in [6, 6.07) is 8.95. The van der Waals surface area contributed by atoms with Gasteiger partial charge in [-0.05, 0) is 24.3 Å². The van der Waals surface area contributed by atoms with Crippen LogP contribution in [0, 0.1) is 5.82 Å². The van der Waals surface area contributed by atoms with Gasteiger partial charge in [0.15, 0.2) is 5.82 Å². The van der Waals surface area contributed by atoms with Crippen LogP contribution in [0.15, 0.2) is 36.4 Å². The molecule has 0 aromatic heterocycles. The second-order valence-corrected chi connectivity index (χ2v) is 4.42. The third-order valence-electron chi connectivity index (χ3n) is 2.67. The Kier molecular flexibility index (Phi) is 4.10. The summed E-state index contributed by atoms with van der Waals surface area (Å²) in [5.41, 5.74) is 6.33. The average Bonchev–Trinajstić information content (AvgIpc) is 2.43. The summed E-state index contributed by atoms with van der Waals surface area (Å²) < 4.78 is 18.8. The van der Waals surface area contributed by atoms with E-state index in [1.165, 1.54) is 31.4 Å². The van der Waals surface area contributed by atoms with Crippen LogP contribution in [0.5, 0.6) is 5.75 Å². The van der Waals surface area contributed by atoms with E-state index in [9.17, 15) is 9.18 Å². The molecule has 6 heteroatoms. The lowest BCUT2D eigenvalue weighted by molar-refractivity contribution is 0.102. The quantitative estimate of drug-likeness (QED) is 0.854. The molecule has 0 radical (unpaired) electrons. The van der Waals surface area contributed by atoms with E-state index in [0.717, 1.165) is 0 Å². The van der Waals surface area contributed by atoms with E-state index in [1.54, 1.807) is 12.1 Å². The van der Waals surface area contributed by atoms with Crippen LogP contribution >= 0.6 is 11.6 Å². The van der Waals surface area contributed by atoms with Gasteiger partial charge in [-0.15, -0.1) is 0 Å². The van der Waals surface area contributed by atoms with Crippen molar-refractivity contribution in [2.75, 3.05) is 18.2 Å². The molecule has 0 unspecified atom stereocenters. The molecule has 0 saturated carbocycles. The first kappa shape index (κ1) is 14.1. The number of nitrogen functional groups attached to an aromatic ring is 1. The number of ether oxygens (including phenoxy) is 1. The zero-order valence-corrected chi connectivity index (χ0v) is 11.4. The number of methoxy groups -OCH3 is 1. The number of benzene rings is 2. The van der Waals surface area contributed by atoms with Gasteiger partial charge in [0.2, 0.25) is 0 Å². The number of hydrogen-bond acceptors (Lipinski definition) is 3. The first-order chi connectivity index (χ1) is 9.52. The van der Waals surface area contributed by atoms with Crippen molar-refractivity contribution in [3.8, 4) is 5.75 Å². The van der Waals surface area contributed by atoms with Crippen molar-refractivity contribution >= 4 is 28.9 Å². The lowest BCUT2D eigenvalue weighted by atomic mass is 10.1. The number of nitrogens with two attached hydrogens (primary N) is 1. The molecule has 3 N–H and O–H groups in total. The van der Waals surface area contributed by atoms with E-state index < -0.39 is 11.7 Å². The van der Waals surface area contributed by atoms with Gasteiger partial charge in [-0.2, -0.15) is 0 Å². The fourth-order valence-electron chi connectivity index (χ4n) is 1.69. The average molecular weight is 295 g/mol. The number of carbonyl (C=O) groups is 1. The summed E-state index contributed by atoms with van der Waals surface area (Å²) in [7, 11) is 1.42. The first-order valence-electron chi connectivity index (χ1n) is 5.72. The summed E-state index contributed by atoms with van der Waals surface area (Å²) in [6.07, 6.45) is 0. The molecule has 0 atom stereocenters. The zero-order valence-electron chi connectivity index (χ0n) is 10.6. The van der Waals surface area contributed by atoms with Crippen LogP contribution in [0.2, 0.25) is 5.02 Å². The molecule has 0 heterocycles. The molecule has 0 saturated heterocycles. The first-order valence-corrected chi connectivity index (χ1v) is 6.09. The van der Waals surface area contributed by atoms with Crippen LogP contribution in [0.3, 0.4) is 0 Å². The third-order valence-corrected chi connectivity index (χ3v) is 2.96. The van der Waals surface area contributed by atoms with Crippen LogP contribution in [-0.4, -0.2) is 13.0 Å². The van der Waals surface area contributed by atoms with Gasteiger partial charge in [0.25, 0.3) is 5.91 Å². The van der Waals surface area contributed by atoms with Gasteiger partial charge in [-0.1, -0.05) is 17.7 Å². The highest BCUT2D eigenvalue weighted by Gasteiger charge is 2.15. The molecule has 104 valence electrons. The Labute approximate surface area is 120 Å². The highest BCUT2D eigenvalue weighted by atomic mass is 35.5. The highest BCUT2D eigenvalue weighted by Crippen LogP contribution is 2.25. The molecule has 2 aromatic rings. The van der Waals surface area contributed by atoms with Gasteiger partial charge in [0, 0.05) is 11.8 Å². The number of nitrogens with one attached hydrogen (secondary N) is 1. The molecule has 2 rings (SSSR count). The molecule has 20 heavy (non-hydrogen) atoms. The van der Waals surface area contributed by atoms with Gasteiger partial charge in [-0.3, -0.25) is 4.79 Å². The van der Waals surface area contributed by atoms with Gasteiger partial charge in [0.05, 0.1) is 23.4 Å². The molecule has 0 bridgehead atoms. The predicted octanol–water partition coefficient (Wildman–Crippen LogP) is 3.32. The number of carbonyl (C=O) groups excluding carboxylic acids is 1. The van der Waals surface area contributed by atoms with E-state index in [0.29, 0.717) is 11.4 Å². The molecule has 1 amide bonds. The topological polar surface area (TPSA) is 64.3 Å². The maximum absolute atomic E-state index is 13.7. The second kappa shape index (κ2) is 5.79. The summed E-state index contributed by atoms with van der Waals surface area (Å²) in [5.74, 6) is -0.884. The van der Waals surface area contributed by atoms with Crippen LogP contribution in [0.25, 0.3) is 0 Å². The van der Waals surface area contributed by atoms with Crippen LogP contribution in [-0.2, 0) is 0 Å². The van der Waals surface area contributed by atoms with Crippen molar-refractivity contribution in [1.82, 2.24) is 0 Å². The second-order valence-electron chi connectivity index (χ2n) is 4.02. The molecule has 0 aliphatic carbocycles. The minimum atomic E-state index is -0.683. The van der Waals surface area contributed by atoms with Crippen molar-refractivity contribution in [3.05, 3.63) is 52.8 Å². The Hall–Kier alpha value is -2.27. The summed E-state index contributed by atoms with van der Waals surface area (Å²) in [5, 5.41) is 2.38. The molecule has 0 aliphatic heterocycles. The Balaban J connectivity index is 2.31. The lowest BCUT2D eigenvalue weighted by Gasteiger charge is -2.11. The van der Waals surface area contributed by atoms with Gasteiger partial charge >= 0.3 is 0 Å². The van der Waals surface area contributed by atoms with Crippen molar-refractivity contribution in [3.63, 3.8) is 0 Å². The lowest BCUT2D eigenvalue weighted by Crippen LogP contribution is -2.14. The number of anilines is 2. The van der Waals surface area contributed by atoms with Gasteiger partial charge in [0.1, 0.15) is 5.75 Å². The maximum atomic E-state index is 13.7. The Bertz CT molecular complexity index is 662. The fraction of sp³-hybridized carbons (Fsp3) is 0.0714. The molecule has 2 aromatic carbocycles. The Morgan fingerprint density at radius 2 is 2.10 bits per heavy atom. The van der Waals surface area contributed by atoms with Gasteiger partial charge in [-0.25, -0.2) is 4.39 Å². The van der Waals surface area contributed by atoms with Crippen LogP contribution in [0.1, 0.15) is 10.4 Å². The van der Waals surface area contributed by atoms with E-state index >= 15 is 0 Å². The van der Waals surface area contributed by atoms with Crippen molar-refractivity contribution in [1.29, 1.82) is 0 Å². The van der Waals surface area contributed by atoms with Crippen molar-refractivity contribution < 1.29 is 13.9 Å². The molecular weight excluding hydrogens is 283 g/mol. The number of rotatable bonds is 3. The smallest absolute Gasteiger partial charge is 0.259 e. The number of halogens is 2. The summed E-state index contributed by atoms with van der Waals surface area (Å²) >= 11 is 5.66. The molecule has 0 spiro atoms. The monoisotopic (exact) mass is 294 g/mol. The molecule has 0 aliphatic rings. The van der Waals surface area contributed by atoms with Gasteiger partial charge < -0.3 is 15.8 Å². The van der Waals surface area contributed by atoms with Crippen LogP contribution < -0.4 is 15.8 Å². The minimum absolute atomic E-state index is 0.00128. The standard InChI is InChI=1S/C14H12ClFN2O2/c1-20-12-7-8(17)5-6-9(12)14(19)18-11-4-2-3-10(15)13(11)16/h2-7H,17H2,1H3,(H,18,19). The van der Waals surface area contributed by atoms with Crippen LogP contribution in [0.4, 0.5) is 15.8 Å². The SMILES string of the molecule is COc1cc(N)ccc1C(=O)Nc1cccc(Cl)c1F. The van der Waals surface area contributed by atoms with E-state index in [4.69, 9.17) is 22.1 Å². The molecule has 0 fully saturated rings. The van der Waals surface area contributed by atoms with E-state index in [1.807, 2.05) is 0 Å². The zero-order chi connectivity index (χ0) is 14.7. The Morgan fingerprint density at radius 1 is 1.35 bits per heavy atom.